The van der Waals surface area contributed by atoms with Crippen molar-refractivity contribution in [3.63, 3.8) is 0 Å². The molecule has 1 heterocycles. The molecule has 18 heavy (non-hydrogen) atoms. The minimum Gasteiger partial charge on any atom is -0.408 e. The number of rotatable bonds is 4. The summed E-state index contributed by atoms with van der Waals surface area (Å²) >= 11 is 6.32. The van der Waals surface area contributed by atoms with Gasteiger partial charge in [0, 0.05) is 6.54 Å². The molecule has 98 valence electrons. The van der Waals surface area contributed by atoms with Gasteiger partial charge in [-0.2, -0.15) is 0 Å². The van der Waals surface area contributed by atoms with Gasteiger partial charge in [-0.3, -0.25) is 4.57 Å². The van der Waals surface area contributed by atoms with Gasteiger partial charge >= 0.3 is 5.76 Å². The maximum absolute atomic E-state index is 11.7. The average molecular weight is 268 g/mol. The molecule has 0 saturated carbocycles. The lowest BCUT2D eigenvalue weighted by molar-refractivity contribution is 0.502. The molecule has 0 amide bonds. The quantitative estimate of drug-likeness (QED) is 0.787. The van der Waals surface area contributed by atoms with Crippen LogP contribution in [0.2, 0.25) is 0 Å². The third kappa shape index (κ3) is 2.32. The van der Waals surface area contributed by atoms with E-state index in [-0.39, 0.29) is 11.1 Å². The highest BCUT2D eigenvalue weighted by atomic mass is 35.5. The lowest BCUT2D eigenvalue weighted by Gasteiger charge is -2.13. The molecular formula is C14H18ClNO2. The van der Waals surface area contributed by atoms with Crippen molar-refractivity contribution in [2.24, 2.45) is 5.92 Å². The van der Waals surface area contributed by atoms with Crippen molar-refractivity contribution in [2.75, 3.05) is 0 Å². The Kier molecular flexibility index (Phi) is 3.81. The van der Waals surface area contributed by atoms with Gasteiger partial charge in [0.05, 0.1) is 10.9 Å². The molecule has 2 rings (SSSR count). The molecule has 4 heteroatoms. The fourth-order valence-corrected chi connectivity index (χ4v) is 2.21. The first-order valence-corrected chi connectivity index (χ1v) is 6.75. The number of hydrogen-bond donors (Lipinski definition) is 0. The second-order valence-corrected chi connectivity index (χ2v) is 5.36. The first-order chi connectivity index (χ1) is 8.54. The second-order valence-electron chi connectivity index (χ2n) is 4.89. The Labute approximate surface area is 111 Å². The summed E-state index contributed by atoms with van der Waals surface area (Å²) in [6.45, 7) is 6.85. The molecule has 0 aliphatic carbocycles. The fraction of sp³-hybridized carbons (Fsp3) is 0.500. The molecule has 0 aliphatic heterocycles. The van der Waals surface area contributed by atoms with Crippen LogP contribution in [0.3, 0.4) is 0 Å². The summed E-state index contributed by atoms with van der Waals surface area (Å²) in [6.07, 6.45) is 0.903. The molecule has 1 aromatic carbocycles. The molecule has 0 saturated heterocycles. The van der Waals surface area contributed by atoms with Gasteiger partial charge in [0.25, 0.3) is 0 Å². The Morgan fingerprint density at radius 3 is 2.72 bits per heavy atom. The average Bonchev–Trinajstić information content (AvgIpc) is 2.64. The van der Waals surface area contributed by atoms with E-state index >= 15 is 0 Å². The number of halogens is 1. The standard InChI is InChI=1S/C14H18ClNO2/c1-4-7-16-11-6-5-10(13(15)9(2)3)8-12(11)18-14(16)17/h5-6,8-9,13H,4,7H2,1-3H3. The van der Waals surface area contributed by atoms with Gasteiger partial charge in [-0.25, -0.2) is 4.79 Å². The van der Waals surface area contributed by atoms with Crippen LogP contribution in [0.4, 0.5) is 0 Å². The molecule has 0 N–H and O–H groups in total. The molecule has 2 aromatic rings. The lowest BCUT2D eigenvalue weighted by atomic mass is 10.0. The highest BCUT2D eigenvalue weighted by Crippen LogP contribution is 2.30. The van der Waals surface area contributed by atoms with Crippen LogP contribution < -0.4 is 5.76 Å². The van der Waals surface area contributed by atoms with Crippen molar-refractivity contribution in [3.8, 4) is 0 Å². The van der Waals surface area contributed by atoms with E-state index in [1.807, 2.05) is 25.1 Å². The van der Waals surface area contributed by atoms with Gasteiger partial charge < -0.3 is 4.42 Å². The molecule has 1 aromatic heterocycles. The predicted molar refractivity (Wildman–Crippen MR) is 74.2 cm³/mol. The third-order valence-corrected chi connectivity index (χ3v) is 3.80. The van der Waals surface area contributed by atoms with E-state index in [2.05, 4.69) is 13.8 Å². The second kappa shape index (κ2) is 5.19. The van der Waals surface area contributed by atoms with Crippen LogP contribution >= 0.6 is 11.6 Å². The van der Waals surface area contributed by atoms with E-state index in [1.165, 1.54) is 0 Å². The van der Waals surface area contributed by atoms with Crippen LogP contribution in [0.1, 0.15) is 38.1 Å². The summed E-state index contributed by atoms with van der Waals surface area (Å²) < 4.78 is 6.94. The van der Waals surface area contributed by atoms with Gasteiger partial charge in [-0.15, -0.1) is 11.6 Å². The van der Waals surface area contributed by atoms with Gasteiger partial charge in [-0.1, -0.05) is 26.8 Å². The summed E-state index contributed by atoms with van der Waals surface area (Å²) in [5.74, 6) is 0.0493. The van der Waals surface area contributed by atoms with E-state index in [0.717, 1.165) is 17.5 Å². The van der Waals surface area contributed by atoms with Crippen LogP contribution in [0.25, 0.3) is 11.1 Å². The molecule has 3 nitrogen and oxygen atoms in total. The van der Waals surface area contributed by atoms with E-state index in [9.17, 15) is 4.79 Å². The first-order valence-electron chi connectivity index (χ1n) is 6.32. The smallest absolute Gasteiger partial charge is 0.408 e. The van der Waals surface area contributed by atoms with Gasteiger partial charge in [0.2, 0.25) is 0 Å². The summed E-state index contributed by atoms with van der Waals surface area (Å²) in [5, 5.41) is -0.0609. The number of fused-ring (bicyclic) bond motifs is 1. The van der Waals surface area contributed by atoms with Crippen LogP contribution in [-0.4, -0.2) is 4.57 Å². The highest BCUT2D eigenvalue weighted by Gasteiger charge is 2.15. The predicted octanol–water partition coefficient (Wildman–Crippen LogP) is 3.94. The number of nitrogens with zero attached hydrogens (tertiary/aromatic N) is 1. The molecule has 0 bridgehead atoms. The van der Waals surface area contributed by atoms with Crippen LogP contribution in [0, 0.1) is 5.92 Å². The molecule has 0 radical (unpaired) electrons. The zero-order valence-electron chi connectivity index (χ0n) is 10.9. The van der Waals surface area contributed by atoms with Gasteiger partial charge in [0.1, 0.15) is 0 Å². The lowest BCUT2D eigenvalue weighted by Crippen LogP contribution is -2.13. The number of oxazole rings is 1. The number of benzene rings is 1. The Morgan fingerprint density at radius 1 is 1.39 bits per heavy atom. The van der Waals surface area contributed by atoms with Crippen LogP contribution in [0.15, 0.2) is 27.4 Å². The van der Waals surface area contributed by atoms with Crippen molar-refractivity contribution in [3.05, 3.63) is 34.3 Å². The minimum atomic E-state index is -0.292. The largest absolute Gasteiger partial charge is 0.419 e. The molecule has 1 unspecified atom stereocenters. The monoisotopic (exact) mass is 267 g/mol. The Hall–Kier alpha value is -1.22. The molecule has 1 atom stereocenters. The van der Waals surface area contributed by atoms with E-state index in [4.69, 9.17) is 16.0 Å². The van der Waals surface area contributed by atoms with Crippen molar-refractivity contribution < 1.29 is 4.42 Å². The number of alkyl halides is 1. The Balaban J connectivity index is 2.51. The van der Waals surface area contributed by atoms with Crippen molar-refractivity contribution in [1.29, 1.82) is 0 Å². The molecule has 0 aliphatic rings. The van der Waals surface area contributed by atoms with Crippen LogP contribution in [-0.2, 0) is 6.54 Å². The summed E-state index contributed by atoms with van der Waals surface area (Å²) in [6, 6.07) is 5.77. The SMILES string of the molecule is CCCn1c(=O)oc2cc(C(Cl)C(C)C)ccc21. The third-order valence-electron chi connectivity index (χ3n) is 3.04. The maximum atomic E-state index is 11.7. The van der Waals surface area contributed by atoms with Gasteiger partial charge in [-0.05, 0) is 30.0 Å². The molecule has 0 fully saturated rings. The zero-order chi connectivity index (χ0) is 13.3. The van der Waals surface area contributed by atoms with Gasteiger partial charge in [0.15, 0.2) is 5.58 Å². The fourth-order valence-electron chi connectivity index (χ4n) is 2.07. The van der Waals surface area contributed by atoms with E-state index in [0.29, 0.717) is 18.0 Å². The first kappa shape index (κ1) is 13.2. The molecular weight excluding hydrogens is 250 g/mol. The Morgan fingerprint density at radius 2 is 2.11 bits per heavy atom. The van der Waals surface area contributed by atoms with Crippen molar-refractivity contribution in [2.45, 2.75) is 39.1 Å². The summed E-state index contributed by atoms with van der Waals surface area (Å²) in [7, 11) is 0. The van der Waals surface area contributed by atoms with E-state index < -0.39 is 0 Å². The van der Waals surface area contributed by atoms with Crippen molar-refractivity contribution in [1.82, 2.24) is 4.57 Å². The van der Waals surface area contributed by atoms with E-state index in [1.54, 1.807) is 4.57 Å². The Bertz CT molecular complexity index is 597. The normalized spacial score (nSPS) is 13.4. The van der Waals surface area contributed by atoms with Crippen molar-refractivity contribution >= 4 is 22.7 Å². The van der Waals surface area contributed by atoms with Crippen LogP contribution in [0.5, 0.6) is 0 Å². The minimum absolute atomic E-state index is 0.0609. The number of hydrogen-bond acceptors (Lipinski definition) is 2. The summed E-state index contributed by atoms with van der Waals surface area (Å²) in [5.41, 5.74) is 2.46. The summed E-state index contributed by atoms with van der Waals surface area (Å²) in [4.78, 5) is 11.7. The highest BCUT2D eigenvalue weighted by molar-refractivity contribution is 6.21. The zero-order valence-corrected chi connectivity index (χ0v) is 11.7. The number of aryl methyl sites for hydroxylation is 1. The topological polar surface area (TPSA) is 35.1 Å². The molecule has 0 spiro atoms. The maximum Gasteiger partial charge on any atom is 0.419 e. The number of aromatic nitrogens is 1.